The van der Waals surface area contributed by atoms with Gasteiger partial charge in [0.15, 0.2) is 0 Å². The average molecular weight is 286 g/mol. The summed E-state index contributed by atoms with van der Waals surface area (Å²) in [6.45, 7) is 0.806. The van der Waals surface area contributed by atoms with Gasteiger partial charge in [-0.15, -0.1) is 0 Å². The molecule has 0 radical (unpaired) electrons. The number of hydrogen-bond acceptors (Lipinski definition) is 4. The van der Waals surface area contributed by atoms with Crippen molar-refractivity contribution in [2.24, 2.45) is 0 Å². The Morgan fingerprint density at radius 2 is 2.05 bits per heavy atom. The summed E-state index contributed by atoms with van der Waals surface area (Å²) < 4.78 is 30.8. The molecule has 1 aromatic rings. The quantitative estimate of drug-likeness (QED) is 0.818. The molecule has 0 aromatic heterocycles. The second kappa shape index (κ2) is 6.33. The number of benzene rings is 1. The van der Waals surface area contributed by atoms with Crippen LogP contribution in [0.25, 0.3) is 0 Å². The molecule has 1 aromatic carbocycles. The van der Waals surface area contributed by atoms with Crippen LogP contribution in [0.5, 0.6) is 5.75 Å². The Labute approximate surface area is 113 Å². The van der Waals surface area contributed by atoms with Crippen molar-refractivity contribution in [1.29, 1.82) is 0 Å². The predicted octanol–water partition coefficient (Wildman–Crippen LogP) is 0.926. The molecule has 0 amide bonds. The van der Waals surface area contributed by atoms with E-state index in [1.54, 1.807) is 0 Å². The van der Waals surface area contributed by atoms with E-state index in [-0.39, 0.29) is 6.10 Å². The van der Waals surface area contributed by atoms with Crippen molar-refractivity contribution in [2.75, 3.05) is 20.2 Å². The molecule has 0 aliphatic carbocycles. The van der Waals surface area contributed by atoms with E-state index in [0.29, 0.717) is 13.1 Å². The fourth-order valence-corrected chi connectivity index (χ4v) is 3.12. The molecular weight excluding hydrogens is 268 g/mol. The maximum absolute atomic E-state index is 11.8. The zero-order valence-corrected chi connectivity index (χ0v) is 11.6. The van der Waals surface area contributed by atoms with E-state index in [4.69, 9.17) is 4.74 Å². The zero-order chi connectivity index (χ0) is 13.7. The Morgan fingerprint density at radius 3 is 2.74 bits per heavy atom. The maximum Gasteiger partial charge on any atom is 0.301 e. The van der Waals surface area contributed by atoms with E-state index in [1.165, 1.54) is 11.4 Å². The van der Waals surface area contributed by atoms with Crippen LogP contribution in [0.1, 0.15) is 12.8 Å². The Morgan fingerprint density at radius 1 is 1.32 bits per heavy atom. The van der Waals surface area contributed by atoms with Crippen LogP contribution in [-0.4, -0.2) is 39.0 Å². The highest BCUT2D eigenvalue weighted by molar-refractivity contribution is 7.87. The molecule has 1 unspecified atom stereocenters. The molecule has 6 nitrogen and oxygen atoms in total. The van der Waals surface area contributed by atoms with E-state index in [1.807, 2.05) is 35.2 Å². The zero-order valence-electron chi connectivity index (χ0n) is 10.8. The lowest BCUT2D eigenvalue weighted by Crippen LogP contribution is -2.48. The highest BCUT2D eigenvalue weighted by Crippen LogP contribution is 2.19. The van der Waals surface area contributed by atoms with Crippen LogP contribution in [0.3, 0.4) is 0 Å². The van der Waals surface area contributed by atoms with Crippen LogP contribution in [0.4, 0.5) is 0 Å². The molecule has 0 spiro atoms. The first-order valence-corrected chi connectivity index (χ1v) is 7.57. The lowest BCUT2D eigenvalue weighted by Gasteiger charge is -2.31. The molecule has 1 aliphatic rings. The van der Waals surface area contributed by atoms with Crippen LogP contribution < -0.4 is 9.62 Å². The van der Waals surface area contributed by atoms with Gasteiger partial charge in [-0.3, -0.25) is 4.84 Å². The number of nitrogens with one attached hydrogen (secondary N) is 1. The largest absolute Gasteiger partial charge is 0.489 e. The lowest BCUT2D eigenvalue weighted by molar-refractivity contribution is 0.113. The van der Waals surface area contributed by atoms with Crippen molar-refractivity contribution in [3.63, 3.8) is 0 Å². The summed E-state index contributed by atoms with van der Waals surface area (Å²) in [6.07, 6.45) is 1.47. The number of para-hydroxylation sites is 1. The monoisotopic (exact) mass is 286 g/mol. The Hall–Kier alpha value is -1.15. The van der Waals surface area contributed by atoms with E-state index >= 15 is 0 Å². The lowest BCUT2D eigenvalue weighted by atomic mass is 10.1. The van der Waals surface area contributed by atoms with Gasteiger partial charge in [-0.05, 0) is 25.0 Å². The van der Waals surface area contributed by atoms with Crippen LogP contribution >= 0.6 is 0 Å². The first kappa shape index (κ1) is 14.3. The SMILES string of the molecule is CONS(=O)(=O)N1CCCC(Oc2ccccc2)C1. The molecule has 106 valence electrons. The molecule has 1 N–H and O–H groups in total. The highest BCUT2D eigenvalue weighted by Gasteiger charge is 2.29. The van der Waals surface area contributed by atoms with Gasteiger partial charge in [-0.25, -0.2) is 0 Å². The fraction of sp³-hybridized carbons (Fsp3) is 0.500. The number of rotatable bonds is 5. The van der Waals surface area contributed by atoms with E-state index in [2.05, 4.69) is 4.84 Å². The Bertz CT molecular complexity index is 492. The minimum atomic E-state index is -3.58. The van der Waals surface area contributed by atoms with Crippen LogP contribution in [0.15, 0.2) is 30.3 Å². The highest BCUT2D eigenvalue weighted by atomic mass is 32.2. The third-order valence-corrected chi connectivity index (χ3v) is 4.30. The Kier molecular flexibility index (Phi) is 4.76. The van der Waals surface area contributed by atoms with Crippen molar-refractivity contribution in [3.05, 3.63) is 30.3 Å². The molecule has 19 heavy (non-hydrogen) atoms. The summed E-state index contributed by atoms with van der Waals surface area (Å²) in [5, 5.41) is 0. The third kappa shape index (κ3) is 3.90. The Balaban J connectivity index is 1.98. The van der Waals surface area contributed by atoms with E-state index < -0.39 is 10.2 Å². The molecule has 0 saturated carbocycles. The normalized spacial score (nSPS) is 21.2. The van der Waals surface area contributed by atoms with E-state index in [9.17, 15) is 8.42 Å². The van der Waals surface area contributed by atoms with Crippen molar-refractivity contribution in [1.82, 2.24) is 9.19 Å². The summed E-state index contributed by atoms with van der Waals surface area (Å²) in [4.78, 5) is 6.51. The third-order valence-electron chi connectivity index (χ3n) is 2.92. The van der Waals surface area contributed by atoms with Crippen LogP contribution in [0.2, 0.25) is 0 Å². The van der Waals surface area contributed by atoms with Crippen molar-refractivity contribution < 1.29 is 18.0 Å². The van der Waals surface area contributed by atoms with Gasteiger partial charge in [0, 0.05) is 6.54 Å². The van der Waals surface area contributed by atoms with E-state index in [0.717, 1.165) is 18.6 Å². The first-order chi connectivity index (χ1) is 9.12. The van der Waals surface area contributed by atoms with Gasteiger partial charge < -0.3 is 4.74 Å². The fourth-order valence-electron chi connectivity index (χ4n) is 2.07. The molecule has 1 saturated heterocycles. The van der Waals surface area contributed by atoms with Gasteiger partial charge in [0.25, 0.3) is 0 Å². The molecule has 1 aliphatic heterocycles. The summed E-state index contributed by atoms with van der Waals surface area (Å²) in [7, 11) is -2.30. The van der Waals surface area contributed by atoms with Gasteiger partial charge in [0.05, 0.1) is 13.7 Å². The number of hydrogen-bond donors (Lipinski definition) is 1. The second-order valence-electron chi connectivity index (χ2n) is 4.35. The van der Waals surface area contributed by atoms with Gasteiger partial charge in [-0.1, -0.05) is 23.1 Å². The topological polar surface area (TPSA) is 67.9 Å². The van der Waals surface area contributed by atoms with Crippen LogP contribution in [0, 0.1) is 0 Å². The van der Waals surface area contributed by atoms with Gasteiger partial charge in [0.2, 0.25) is 0 Å². The minimum Gasteiger partial charge on any atom is -0.489 e. The standard InChI is InChI=1S/C12H18N2O4S/c1-17-13-19(15,16)14-9-5-8-12(10-14)18-11-6-3-2-4-7-11/h2-4,6-7,12-13H,5,8-10H2,1H3. The molecular formula is C12H18N2O4S. The second-order valence-corrected chi connectivity index (χ2v) is 5.98. The van der Waals surface area contributed by atoms with Crippen molar-refractivity contribution in [2.45, 2.75) is 18.9 Å². The molecule has 1 atom stereocenters. The summed E-state index contributed by atoms with van der Waals surface area (Å²) in [5.41, 5.74) is 0. The minimum absolute atomic E-state index is 0.135. The molecule has 0 bridgehead atoms. The maximum atomic E-state index is 11.8. The summed E-state index contributed by atoms with van der Waals surface area (Å²) in [6, 6.07) is 9.41. The molecule has 1 fully saturated rings. The number of nitrogens with zero attached hydrogens (tertiary/aromatic N) is 1. The molecule has 2 rings (SSSR count). The van der Waals surface area contributed by atoms with Gasteiger partial charge in [0.1, 0.15) is 11.9 Å². The smallest absolute Gasteiger partial charge is 0.301 e. The van der Waals surface area contributed by atoms with Crippen LogP contribution in [-0.2, 0) is 15.0 Å². The molecule has 1 heterocycles. The predicted molar refractivity (Wildman–Crippen MR) is 70.7 cm³/mol. The number of ether oxygens (including phenoxy) is 1. The van der Waals surface area contributed by atoms with Gasteiger partial charge in [-0.2, -0.15) is 12.7 Å². The summed E-state index contributed by atoms with van der Waals surface area (Å²) in [5.74, 6) is 0.756. The summed E-state index contributed by atoms with van der Waals surface area (Å²) >= 11 is 0. The first-order valence-electron chi connectivity index (χ1n) is 6.13. The molecule has 7 heteroatoms. The van der Waals surface area contributed by atoms with Crippen molar-refractivity contribution >= 4 is 10.2 Å². The van der Waals surface area contributed by atoms with Gasteiger partial charge >= 0.3 is 10.2 Å². The van der Waals surface area contributed by atoms with Crippen molar-refractivity contribution in [3.8, 4) is 5.75 Å². The number of piperidine rings is 1. The average Bonchev–Trinajstić information content (AvgIpc) is 2.40.